The van der Waals surface area contributed by atoms with Gasteiger partial charge in [0.15, 0.2) is 0 Å². The molecule has 4 heteroatoms. The third-order valence-corrected chi connectivity index (χ3v) is 4.13. The summed E-state index contributed by atoms with van der Waals surface area (Å²) in [5.41, 5.74) is -0.246. The molecule has 20 heavy (non-hydrogen) atoms. The van der Waals surface area contributed by atoms with E-state index in [1.807, 2.05) is 0 Å². The highest BCUT2D eigenvalue weighted by Crippen LogP contribution is 2.39. The van der Waals surface area contributed by atoms with Crippen molar-refractivity contribution in [2.24, 2.45) is 11.3 Å². The van der Waals surface area contributed by atoms with E-state index in [0.717, 1.165) is 25.7 Å². The summed E-state index contributed by atoms with van der Waals surface area (Å²) >= 11 is 0. The van der Waals surface area contributed by atoms with E-state index in [1.165, 1.54) is 0 Å². The Bertz CT molecular complexity index is 269. The Morgan fingerprint density at radius 2 is 1.70 bits per heavy atom. The maximum atomic E-state index is 10.5. The molecule has 4 nitrogen and oxygen atoms in total. The van der Waals surface area contributed by atoms with Crippen molar-refractivity contribution in [2.75, 3.05) is 26.3 Å². The lowest BCUT2D eigenvalue weighted by Crippen LogP contribution is -2.47. The number of ether oxygens (including phenoxy) is 1. The Balaban J connectivity index is 2.14. The topological polar surface area (TPSA) is 61.7 Å². The summed E-state index contributed by atoms with van der Waals surface area (Å²) in [6.45, 7) is 10.8. The van der Waals surface area contributed by atoms with Gasteiger partial charge < -0.3 is 20.3 Å². The van der Waals surface area contributed by atoms with Crippen LogP contribution >= 0.6 is 0 Å². The molecular formula is C16H33NO3. The quantitative estimate of drug-likeness (QED) is 0.638. The maximum Gasteiger partial charge on any atom is 0.0897 e. The zero-order valence-corrected chi connectivity index (χ0v) is 13.6. The first kappa shape index (κ1) is 17.9. The SMILES string of the molecule is CC(C)COCC(O)CNCC1(O)CCC(C)(C)CC1. The van der Waals surface area contributed by atoms with Crippen LogP contribution in [0.25, 0.3) is 0 Å². The van der Waals surface area contributed by atoms with Gasteiger partial charge in [-0.2, -0.15) is 0 Å². The van der Waals surface area contributed by atoms with Crippen molar-refractivity contribution < 1.29 is 14.9 Å². The maximum absolute atomic E-state index is 10.5. The molecule has 1 aliphatic carbocycles. The lowest BCUT2D eigenvalue weighted by atomic mass is 9.71. The average Bonchev–Trinajstić information content (AvgIpc) is 2.33. The van der Waals surface area contributed by atoms with E-state index in [-0.39, 0.29) is 0 Å². The van der Waals surface area contributed by atoms with Gasteiger partial charge in [-0.25, -0.2) is 0 Å². The summed E-state index contributed by atoms with van der Waals surface area (Å²) in [6, 6.07) is 0. The lowest BCUT2D eigenvalue weighted by molar-refractivity contribution is -0.0284. The van der Waals surface area contributed by atoms with Crippen LogP contribution in [0.3, 0.4) is 0 Å². The minimum atomic E-state index is -0.603. The first-order valence-corrected chi connectivity index (χ1v) is 7.91. The van der Waals surface area contributed by atoms with Crippen LogP contribution in [-0.4, -0.2) is 48.2 Å². The molecule has 3 N–H and O–H groups in total. The van der Waals surface area contributed by atoms with Gasteiger partial charge in [0.2, 0.25) is 0 Å². The summed E-state index contributed by atoms with van der Waals surface area (Å²) in [7, 11) is 0. The number of rotatable bonds is 8. The number of aliphatic hydroxyl groups excluding tert-OH is 1. The monoisotopic (exact) mass is 287 g/mol. The zero-order chi connectivity index (χ0) is 15.2. The second kappa shape index (κ2) is 7.74. The Hall–Kier alpha value is -0.160. The van der Waals surface area contributed by atoms with Gasteiger partial charge in [0, 0.05) is 19.7 Å². The van der Waals surface area contributed by atoms with E-state index in [4.69, 9.17) is 4.74 Å². The highest BCUT2D eigenvalue weighted by molar-refractivity contribution is 4.90. The van der Waals surface area contributed by atoms with Crippen molar-refractivity contribution >= 4 is 0 Å². The van der Waals surface area contributed by atoms with Crippen LogP contribution in [0.15, 0.2) is 0 Å². The first-order valence-electron chi connectivity index (χ1n) is 7.91. The minimum absolute atomic E-state index is 0.358. The molecule has 0 spiro atoms. The molecule has 0 saturated heterocycles. The summed E-state index contributed by atoms with van der Waals surface area (Å²) in [5.74, 6) is 0.487. The lowest BCUT2D eigenvalue weighted by Gasteiger charge is -2.40. The molecule has 0 aliphatic heterocycles. The third kappa shape index (κ3) is 7.02. The van der Waals surface area contributed by atoms with E-state index in [0.29, 0.717) is 37.6 Å². The van der Waals surface area contributed by atoms with E-state index in [9.17, 15) is 10.2 Å². The Morgan fingerprint density at radius 1 is 1.10 bits per heavy atom. The number of hydrogen-bond acceptors (Lipinski definition) is 4. The predicted molar refractivity (Wildman–Crippen MR) is 81.7 cm³/mol. The van der Waals surface area contributed by atoms with Gasteiger partial charge in [-0.05, 0) is 37.0 Å². The van der Waals surface area contributed by atoms with Gasteiger partial charge in [-0.3, -0.25) is 0 Å². The summed E-state index contributed by atoms with van der Waals surface area (Å²) in [5, 5.41) is 23.5. The van der Waals surface area contributed by atoms with Crippen molar-refractivity contribution in [3.63, 3.8) is 0 Å². The molecule has 1 atom stereocenters. The van der Waals surface area contributed by atoms with Crippen LogP contribution < -0.4 is 5.32 Å². The normalized spacial score (nSPS) is 22.9. The molecule has 0 aromatic carbocycles. The van der Waals surface area contributed by atoms with Crippen molar-refractivity contribution in [3.8, 4) is 0 Å². The van der Waals surface area contributed by atoms with Crippen molar-refractivity contribution in [1.82, 2.24) is 5.32 Å². The fourth-order valence-corrected chi connectivity index (χ4v) is 2.54. The molecule has 0 aromatic rings. The van der Waals surface area contributed by atoms with Crippen molar-refractivity contribution in [3.05, 3.63) is 0 Å². The molecule has 1 fully saturated rings. The number of aliphatic hydroxyl groups is 2. The zero-order valence-electron chi connectivity index (χ0n) is 13.6. The van der Waals surface area contributed by atoms with Crippen LogP contribution in [0.5, 0.6) is 0 Å². The van der Waals surface area contributed by atoms with E-state index >= 15 is 0 Å². The summed E-state index contributed by atoms with van der Waals surface area (Å²) in [4.78, 5) is 0. The average molecular weight is 287 g/mol. The number of nitrogens with one attached hydrogen (secondary N) is 1. The molecule has 0 bridgehead atoms. The van der Waals surface area contributed by atoms with Crippen LogP contribution in [0.2, 0.25) is 0 Å². The summed E-state index contributed by atoms with van der Waals surface area (Å²) < 4.78 is 5.40. The Labute approximate surface area is 123 Å². The predicted octanol–water partition coefficient (Wildman–Crippen LogP) is 1.94. The highest BCUT2D eigenvalue weighted by Gasteiger charge is 2.36. The Kier molecular flexibility index (Phi) is 6.92. The van der Waals surface area contributed by atoms with Gasteiger partial charge >= 0.3 is 0 Å². The van der Waals surface area contributed by atoms with Gasteiger partial charge in [-0.1, -0.05) is 27.7 Å². The number of hydrogen-bond donors (Lipinski definition) is 3. The molecule has 1 aliphatic rings. The van der Waals surface area contributed by atoms with Crippen LogP contribution in [0, 0.1) is 11.3 Å². The van der Waals surface area contributed by atoms with Gasteiger partial charge in [0.1, 0.15) is 0 Å². The fraction of sp³-hybridized carbons (Fsp3) is 1.00. The first-order chi connectivity index (χ1) is 9.22. The van der Waals surface area contributed by atoms with Crippen LogP contribution in [0.4, 0.5) is 0 Å². The molecule has 1 rings (SSSR count). The van der Waals surface area contributed by atoms with E-state index < -0.39 is 11.7 Å². The second-order valence-electron chi connectivity index (χ2n) is 7.60. The smallest absolute Gasteiger partial charge is 0.0897 e. The van der Waals surface area contributed by atoms with Crippen molar-refractivity contribution in [2.45, 2.75) is 65.1 Å². The molecule has 0 aromatic heterocycles. The molecule has 120 valence electrons. The molecular weight excluding hydrogens is 254 g/mol. The molecule has 0 radical (unpaired) electrons. The van der Waals surface area contributed by atoms with Crippen LogP contribution in [-0.2, 0) is 4.74 Å². The Morgan fingerprint density at radius 3 is 2.25 bits per heavy atom. The van der Waals surface area contributed by atoms with Gasteiger partial charge in [-0.15, -0.1) is 0 Å². The third-order valence-electron chi connectivity index (χ3n) is 4.13. The fourth-order valence-electron chi connectivity index (χ4n) is 2.54. The van der Waals surface area contributed by atoms with Crippen LogP contribution in [0.1, 0.15) is 53.4 Å². The second-order valence-corrected chi connectivity index (χ2v) is 7.60. The van der Waals surface area contributed by atoms with Gasteiger partial charge in [0.25, 0.3) is 0 Å². The summed E-state index contributed by atoms with van der Waals surface area (Å²) in [6.07, 6.45) is 3.30. The minimum Gasteiger partial charge on any atom is -0.389 e. The van der Waals surface area contributed by atoms with E-state index in [2.05, 4.69) is 33.0 Å². The molecule has 0 heterocycles. The molecule has 1 saturated carbocycles. The largest absolute Gasteiger partial charge is 0.389 e. The highest BCUT2D eigenvalue weighted by atomic mass is 16.5. The van der Waals surface area contributed by atoms with Gasteiger partial charge in [0.05, 0.1) is 18.3 Å². The molecule has 1 unspecified atom stereocenters. The standard InChI is InChI=1S/C16H33NO3/c1-13(2)10-20-11-14(18)9-17-12-16(19)7-5-15(3,4)6-8-16/h13-14,17-19H,5-12H2,1-4H3. The van der Waals surface area contributed by atoms with Crippen molar-refractivity contribution in [1.29, 1.82) is 0 Å². The molecule has 0 amide bonds. The van der Waals surface area contributed by atoms with E-state index in [1.54, 1.807) is 0 Å².